The number of fused-ring (bicyclic) bond motifs is 1. The topological polar surface area (TPSA) is 0 Å². The smallest absolute Gasteiger partial charge is 0.00721 e. The maximum Gasteiger partial charge on any atom is 0.00721 e. The van der Waals surface area contributed by atoms with Crippen LogP contribution in [0.2, 0.25) is 0 Å². The first kappa shape index (κ1) is 8.34. The molecule has 0 heterocycles. The maximum atomic E-state index is 3.35. The van der Waals surface area contributed by atoms with E-state index in [1.54, 1.807) is 0 Å². The van der Waals surface area contributed by atoms with Crippen molar-refractivity contribution >= 4 is 11.6 Å². The number of benzene rings is 1. The summed E-state index contributed by atoms with van der Waals surface area (Å²) in [4.78, 5) is 0. The normalized spacial score (nSPS) is 14.2. The molecule has 1 aliphatic carbocycles. The fourth-order valence-corrected chi connectivity index (χ4v) is 1.70. The highest BCUT2D eigenvalue weighted by molar-refractivity contribution is 5.83. The minimum Gasteiger partial charge on any atom is -0.115 e. The molecule has 0 nitrogen and oxygen atoms in total. The Morgan fingerprint density at radius 2 is 1.77 bits per heavy atom. The number of hydrogen-bond acceptors (Lipinski definition) is 0. The van der Waals surface area contributed by atoms with Crippen molar-refractivity contribution in [3.8, 4) is 0 Å². The highest BCUT2D eigenvalue weighted by atomic mass is 14.2. The second-order valence-electron chi connectivity index (χ2n) is 4.50. The van der Waals surface area contributed by atoms with Crippen molar-refractivity contribution in [2.24, 2.45) is 5.41 Å². The summed E-state index contributed by atoms with van der Waals surface area (Å²) in [6.07, 6.45) is 2.08. The summed E-state index contributed by atoms with van der Waals surface area (Å²) < 4.78 is 0. The molecule has 1 aliphatic rings. The molecule has 0 heteroatoms. The van der Waals surface area contributed by atoms with Gasteiger partial charge in [0, 0.05) is 5.57 Å². The first-order valence-electron chi connectivity index (χ1n) is 4.65. The van der Waals surface area contributed by atoms with E-state index in [0.29, 0.717) is 0 Å². The quantitative estimate of drug-likeness (QED) is 0.520. The summed E-state index contributed by atoms with van der Waals surface area (Å²) in [7, 11) is 0. The van der Waals surface area contributed by atoms with E-state index in [2.05, 4.69) is 56.8 Å². The van der Waals surface area contributed by atoms with Crippen LogP contribution < -0.4 is 0 Å². The van der Waals surface area contributed by atoms with Gasteiger partial charge >= 0.3 is 0 Å². The molecule has 0 fully saturated rings. The van der Waals surface area contributed by atoms with Crippen LogP contribution in [-0.2, 0) is 0 Å². The van der Waals surface area contributed by atoms with Gasteiger partial charge in [0.2, 0.25) is 0 Å². The highest BCUT2D eigenvalue weighted by Gasteiger charge is 2.22. The molecule has 0 radical (unpaired) electrons. The molecule has 0 amide bonds. The monoisotopic (exact) mass is 170 g/mol. The van der Waals surface area contributed by atoms with Gasteiger partial charge in [-0.3, -0.25) is 0 Å². The molecule has 1 aromatic rings. The van der Waals surface area contributed by atoms with Gasteiger partial charge in [0.1, 0.15) is 0 Å². The standard InChI is InChI=1S/C13H14/c1-13(2,3)12-9-8-10-6-4-5-7-11(10)12/h4-8H,1-3H3. The Balaban J connectivity index is 2.54. The lowest BCUT2D eigenvalue weighted by molar-refractivity contribution is 0.568. The van der Waals surface area contributed by atoms with Crippen LogP contribution in [0.4, 0.5) is 0 Å². The minimum atomic E-state index is 0.198. The van der Waals surface area contributed by atoms with Crippen molar-refractivity contribution in [3.05, 3.63) is 41.1 Å². The van der Waals surface area contributed by atoms with E-state index in [1.807, 2.05) is 0 Å². The van der Waals surface area contributed by atoms with Crippen LogP contribution in [0.5, 0.6) is 0 Å². The number of allylic oxidation sites excluding steroid dienone is 1. The SMILES string of the molecule is CC(C)(C)C1=C=Cc2ccccc21. The van der Waals surface area contributed by atoms with Crippen molar-refractivity contribution in [2.45, 2.75) is 20.8 Å². The molecule has 0 saturated heterocycles. The number of rotatable bonds is 0. The zero-order chi connectivity index (χ0) is 9.47. The van der Waals surface area contributed by atoms with Crippen molar-refractivity contribution in [1.82, 2.24) is 0 Å². The average molecular weight is 170 g/mol. The van der Waals surface area contributed by atoms with Gasteiger partial charge in [-0.1, -0.05) is 45.0 Å². The Labute approximate surface area is 79.6 Å². The highest BCUT2D eigenvalue weighted by Crippen LogP contribution is 2.38. The van der Waals surface area contributed by atoms with Crippen molar-refractivity contribution in [2.75, 3.05) is 0 Å². The molecule has 0 aromatic heterocycles. The molecule has 0 bridgehead atoms. The molecule has 13 heavy (non-hydrogen) atoms. The summed E-state index contributed by atoms with van der Waals surface area (Å²) >= 11 is 0. The van der Waals surface area contributed by atoms with Crippen molar-refractivity contribution in [1.29, 1.82) is 0 Å². The molecule has 0 atom stereocenters. The molecule has 66 valence electrons. The summed E-state index contributed by atoms with van der Waals surface area (Å²) in [5.74, 6) is 0. The van der Waals surface area contributed by atoms with E-state index in [9.17, 15) is 0 Å². The van der Waals surface area contributed by atoms with E-state index >= 15 is 0 Å². The summed E-state index contributed by atoms with van der Waals surface area (Å²) in [6, 6.07) is 8.47. The largest absolute Gasteiger partial charge is 0.115 e. The van der Waals surface area contributed by atoms with Crippen LogP contribution in [0.15, 0.2) is 30.0 Å². The molecule has 0 unspecified atom stereocenters. The predicted octanol–water partition coefficient (Wildman–Crippen LogP) is 3.74. The molecular weight excluding hydrogens is 156 g/mol. The maximum absolute atomic E-state index is 3.35. The predicted molar refractivity (Wildman–Crippen MR) is 57.3 cm³/mol. The lowest BCUT2D eigenvalue weighted by Gasteiger charge is -2.20. The molecule has 0 saturated carbocycles. The van der Waals surface area contributed by atoms with Crippen molar-refractivity contribution in [3.63, 3.8) is 0 Å². The molecule has 0 spiro atoms. The van der Waals surface area contributed by atoms with Gasteiger partial charge in [-0.05, 0) is 22.6 Å². The van der Waals surface area contributed by atoms with Gasteiger partial charge < -0.3 is 0 Å². The zero-order valence-electron chi connectivity index (χ0n) is 8.39. The van der Waals surface area contributed by atoms with Gasteiger partial charge in [0.05, 0.1) is 0 Å². The van der Waals surface area contributed by atoms with E-state index in [1.165, 1.54) is 16.7 Å². The van der Waals surface area contributed by atoms with Crippen LogP contribution in [0.3, 0.4) is 0 Å². The van der Waals surface area contributed by atoms with Crippen molar-refractivity contribution < 1.29 is 0 Å². The van der Waals surface area contributed by atoms with E-state index in [4.69, 9.17) is 0 Å². The minimum absolute atomic E-state index is 0.198. The second kappa shape index (κ2) is 2.61. The first-order chi connectivity index (χ1) is 6.09. The second-order valence-corrected chi connectivity index (χ2v) is 4.50. The fourth-order valence-electron chi connectivity index (χ4n) is 1.70. The summed E-state index contributed by atoms with van der Waals surface area (Å²) in [5, 5.41) is 0. The molecule has 0 N–H and O–H groups in total. The van der Waals surface area contributed by atoms with E-state index in [-0.39, 0.29) is 5.41 Å². The molecule has 2 rings (SSSR count). The van der Waals surface area contributed by atoms with Crippen LogP contribution >= 0.6 is 0 Å². The van der Waals surface area contributed by atoms with Gasteiger partial charge in [-0.15, -0.1) is 5.73 Å². The van der Waals surface area contributed by atoms with Crippen LogP contribution in [0.1, 0.15) is 31.9 Å². The Morgan fingerprint density at radius 3 is 2.46 bits per heavy atom. The molecule has 0 aliphatic heterocycles. The van der Waals surface area contributed by atoms with E-state index < -0.39 is 0 Å². The van der Waals surface area contributed by atoms with Gasteiger partial charge in [0.25, 0.3) is 0 Å². The summed E-state index contributed by atoms with van der Waals surface area (Å²) in [6.45, 7) is 6.68. The number of hydrogen-bond donors (Lipinski definition) is 0. The Bertz CT molecular complexity index is 396. The molecular formula is C13H14. The van der Waals surface area contributed by atoms with Gasteiger partial charge in [0.15, 0.2) is 0 Å². The van der Waals surface area contributed by atoms with Crippen LogP contribution in [-0.4, -0.2) is 0 Å². The zero-order valence-corrected chi connectivity index (χ0v) is 8.39. The summed E-state index contributed by atoms with van der Waals surface area (Å²) in [5.41, 5.74) is 7.51. The van der Waals surface area contributed by atoms with E-state index in [0.717, 1.165) is 0 Å². The lowest BCUT2D eigenvalue weighted by Crippen LogP contribution is -2.06. The Kier molecular flexibility index (Phi) is 1.68. The lowest BCUT2D eigenvalue weighted by atomic mass is 9.83. The first-order valence-corrected chi connectivity index (χ1v) is 4.65. The third kappa shape index (κ3) is 1.34. The average Bonchev–Trinajstić information content (AvgIpc) is 2.45. The third-order valence-corrected chi connectivity index (χ3v) is 2.35. The van der Waals surface area contributed by atoms with Gasteiger partial charge in [-0.25, -0.2) is 0 Å². The Hall–Kier alpha value is -1.26. The Morgan fingerprint density at radius 1 is 1.08 bits per heavy atom. The van der Waals surface area contributed by atoms with Crippen LogP contribution in [0.25, 0.3) is 11.6 Å². The fraction of sp³-hybridized carbons (Fsp3) is 0.308. The third-order valence-electron chi connectivity index (χ3n) is 2.35. The molecule has 1 aromatic carbocycles. The van der Waals surface area contributed by atoms with Crippen LogP contribution in [0, 0.1) is 5.41 Å². The van der Waals surface area contributed by atoms with Gasteiger partial charge in [-0.2, -0.15) is 0 Å².